The zero-order chi connectivity index (χ0) is 12.7. The van der Waals surface area contributed by atoms with Crippen LogP contribution in [0.25, 0.3) is 0 Å². The minimum absolute atomic E-state index is 0.0452. The largest absolute Gasteiger partial charge is 0.355 e. The molecule has 17 heavy (non-hydrogen) atoms. The highest BCUT2D eigenvalue weighted by molar-refractivity contribution is 5.81. The predicted molar refractivity (Wildman–Crippen MR) is 71.9 cm³/mol. The molecule has 0 bridgehead atoms. The molecule has 2 unspecified atom stereocenters. The van der Waals surface area contributed by atoms with Crippen LogP contribution in [0.3, 0.4) is 0 Å². The molecular weight excluding hydrogens is 212 g/mol. The van der Waals surface area contributed by atoms with E-state index in [4.69, 9.17) is 0 Å². The topological polar surface area (TPSA) is 41.1 Å². The first-order valence-electron chi connectivity index (χ1n) is 7.10. The summed E-state index contributed by atoms with van der Waals surface area (Å²) in [4.78, 5) is 11.9. The van der Waals surface area contributed by atoms with Crippen LogP contribution in [-0.4, -0.2) is 25.0 Å². The molecule has 0 aromatic rings. The second-order valence-corrected chi connectivity index (χ2v) is 5.82. The van der Waals surface area contributed by atoms with E-state index >= 15 is 0 Å². The highest BCUT2D eigenvalue weighted by Gasteiger charge is 2.23. The number of amides is 1. The fourth-order valence-electron chi connectivity index (χ4n) is 2.32. The van der Waals surface area contributed by atoms with Crippen LogP contribution in [0.2, 0.25) is 0 Å². The van der Waals surface area contributed by atoms with Gasteiger partial charge in [-0.2, -0.15) is 0 Å². The molecule has 1 rings (SSSR count). The van der Waals surface area contributed by atoms with Gasteiger partial charge >= 0.3 is 0 Å². The highest BCUT2D eigenvalue weighted by Crippen LogP contribution is 2.14. The van der Waals surface area contributed by atoms with E-state index in [1.807, 2.05) is 0 Å². The lowest BCUT2D eigenvalue weighted by Gasteiger charge is -2.27. The molecule has 3 heteroatoms. The Labute approximate surface area is 106 Å². The van der Waals surface area contributed by atoms with Gasteiger partial charge in [-0.1, -0.05) is 33.6 Å². The maximum atomic E-state index is 11.9. The van der Waals surface area contributed by atoms with Crippen LogP contribution >= 0.6 is 0 Å². The van der Waals surface area contributed by atoms with Gasteiger partial charge in [0.2, 0.25) is 5.91 Å². The van der Waals surface area contributed by atoms with Crippen LogP contribution in [-0.2, 0) is 4.79 Å². The molecule has 1 fully saturated rings. The predicted octanol–water partition coefficient (Wildman–Crippen LogP) is 2.32. The molecule has 2 atom stereocenters. The third-order valence-corrected chi connectivity index (χ3v) is 3.49. The Bertz CT molecular complexity index is 228. The second-order valence-electron chi connectivity index (χ2n) is 5.82. The van der Waals surface area contributed by atoms with Crippen molar-refractivity contribution in [3.8, 4) is 0 Å². The highest BCUT2D eigenvalue weighted by atomic mass is 16.2. The van der Waals surface area contributed by atoms with Gasteiger partial charge in [0.25, 0.3) is 0 Å². The zero-order valence-electron chi connectivity index (χ0n) is 11.6. The second kappa shape index (κ2) is 7.70. The van der Waals surface area contributed by atoms with Gasteiger partial charge in [0.15, 0.2) is 0 Å². The number of piperidine rings is 1. The van der Waals surface area contributed by atoms with Gasteiger partial charge in [0, 0.05) is 6.54 Å². The summed E-state index contributed by atoms with van der Waals surface area (Å²) in [6.45, 7) is 8.52. The smallest absolute Gasteiger partial charge is 0.237 e. The first-order chi connectivity index (χ1) is 8.09. The maximum Gasteiger partial charge on any atom is 0.237 e. The number of hydrogen-bond acceptors (Lipinski definition) is 2. The van der Waals surface area contributed by atoms with Crippen molar-refractivity contribution in [2.24, 2.45) is 11.8 Å². The molecule has 0 saturated carbocycles. The normalized spacial score (nSPS) is 24.9. The summed E-state index contributed by atoms with van der Waals surface area (Å²) >= 11 is 0. The van der Waals surface area contributed by atoms with Crippen molar-refractivity contribution >= 4 is 5.91 Å². The lowest BCUT2D eigenvalue weighted by Crippen LogP contribution is -2.48. The first kappa shape index (κ1) is 14.5. The van der Waals surface area contributed by atoms with Crippen molar-refractivity contribution in [2.75, 3.05) is 13.1 Å². The number of nitrogens with one attached hydrogen (secondary N) is 2. The third kappa shape index (κ3) is 6.06. The Morgan fingerprint density at radius 2 is 2.18 bits per heavy atom. The Balaban J connectivity index is 2.08. The number of rotatable bonds is 6. The molecule has 0 aliphatic carbocycles. The van der Waals surface area contributed by atoms with Crippen molar-refractivity contribution in [3.05, 3.63) is 0 Å². The molecule has 1 amide bonds. The lowest BCUT2D eigenvalue weighted by molar-refractivity contribution is -0.124. The molecule has 0 aromatic carbocycles. The fraction of sp³-hybridized carbons (Fsp3) is 0.929. The Morgan fingerprint density at radius 3 is 2.82 bits per heavy atom. The summed E-state index contributed by atoms with van der Waals surface area (Å²) in [5.41, 5.74) is 0. The fourth-order valence-corrected chi connectivity index (χ4v) is 2.32. The average molecular weight is 240 g/mol. The van der Waals surface area contributed by atoms with Gasteiger partial charge in [-0.25, -0.2) is 0 Å². The molecule has 1 aliphatic rings. The summed E-state index contributed by atoms with van der Waals surface area (Å²) in [7, 11) is 0. The summed E-state index contributed by atoms with van der Waals surface area (Å²) < 4.78 is 0. The zero-order valence-corrected chi connectivity index (χ0v) is 11.6. The monoisotopic (exact) mass is 240 g/mol. The Kier molecular flexibility index (Phi) is 6.56. The molecule has 0 radical (unpaired) electrons. The van der Waals surface area contributed by atoms with Crippen molar-refractivity contribution in [1.82, 2.24) is 10.6 Å². The molecule has 1 aliphatic heterocycles. The number of hydrogen-bond donors (Lipinski definition) is 2. The SMILES string of the molecule is CC(C)CCCCNC(=O)C1CC(C)CCN1. The van der Waals surface area contributed by atoms with Crippen LogP contribution in [0.5, 0.6) is 0 Å². The van der Waals surface area contributed by atoms with E-state index in [1.54, 1.807) is 0 Å². The van der Waals surface area contributed by atoms with E-state index in [-0.39, 0.29) is 11.9 Å². The van der Waals surface area contributed by atoms with E-state index in [1.165, 1.54) is 19.3 Å². The van der Waals surface area contributed by atoms with Crippen molar-refractivity contribution < 1.29 is 4.79 Å². The molecule has 2 N–H and O–H groups in total. The number of unbranched alkanes of at least 4 members (excludes halogenated alkanes) is 1. The van der Waals surface area contributed by atoms with Crippen molar-refractivity contribution in [2.45, 2.75) is 58.9 Å². The molecular formula is C14H28N2O. The summed E-state index contributed by atoms with van der Waals surface area (Å²) in [5.74, 6) is 1.64. The molecule has 3 nitrogen and oxygen atoms in total. The van der Waals surface area contributed by atoms with Crippen LogP contribution in [0.1, 0.15) is 52.9 Å². The van der Waals surface area contributed by atoms with E-state index in [9.17, 15) is 4.79 Å². The van der Waals surface area contributed by atoms with Gasteiger partial charge < -0.3 is 10.6 Å². The van der Waals surface area contributed by atoms with Crippen LogP contribution in [0.4, 0.5) is 0 Å². The van der Waals surface area contributed by atoms with E-state index in [0.717, 1.165) is 31.8 Å². The Morgan fingerprint density at radius 1 is 1.41 bits per heavy atom. The van der Waals surface area contributed by atoms with Gasteiger partial charge in [-0.15, -0.1) is 0 Å². The van der Waals surface area contributed by atoms with E-state index in [0.29, 0.717) is 5.92 Å². The summed E-state index contributed by atoms with van der Waals surface area (Å²) in [6.07, 6.45) is 5.75. The molecule has 0 spiro atoms. The minimum atomic E-state index is 0.0452. The minimum Gasteiger partial charge on any atom is -0.355 e. The molecule has 100 valence electrons. The molecule has 1 heterocycles. The van der Waals surface area contributed by atoms with E-state index in [2.05, 4.69) is 31.4 Å². The van der Waals surface area contributed by atoms with E-state index < -0.39 is 0 Å². The van der Waals surface area contributed by atoms with Gasteiger partial charge in [-0.3, -0.25) is 4.79 Å². The molecule has 1 saturated heterocycles. The van der Waals surface area contributed by atoms with Crippen molar-refractivity contribution in [1.29, 1.82) is 0 Å². The Hall–Kier alpha value is -0.570. The van der Waals surface area contributed by atoms with Gasteiger partial charge in [-0.05, 0) is 37.6 Å². The summed E-state index contributed by atoms with van der Waals surface area (Å²) in [5, 5.41) is 6.34. The third-order valence-electron chi connectivity index (χ3n) is 3.49. The van der Waals surface area contributed by atoms with Crippen LogP contribution < -0.4 is 10.6 Å². The lowest BCUT2D eigenvalue weighted by atomic mass is 9.94. The van der Waals surface area contributed by atoms with Gasteiger partial charge in [0.1, 0.15) is 0 Å². The maximum absolute atomic E-state index is 11.9. The van der Waals surface area contributed by atoms with Gasteiger partial charge in [0.05, 0.1) is 6.04 Å². The molecule has 0 aromatic heterocycles. The van der Waals surface area contributed by atoms with Crippen LogP contribution in [0, 0.1) is 11.8 Å². The number of carbonyl (C=O) groups is 1. The average Bonchev–Trinajstić information content (AvgIpc) is 2.28. The first-order valence-corrected chi connectivity index (χ1v) is 7.10. The standard InChI is InChI=1S/C14H28N2O/c1-11(2)6-4-5-8-16-14(17)13-10-12(3)7-9-15-13/h11-13,15H,4-10H2,1-3H3,(H,16,17). The quantitative estimate of drug-likeness (QED) is 0.700. The van der Waals surface area contributed by atoms with Crippen molar-refractivity contribution in [3.63, 3.8) is 0 Å². The summed E-state index contributed by atoms with van der Waals surface area (Å²) in [6, 6.07) is 0.0452. The number of carbonyl (C=O) groups excluding carboxylic acids is 1. The van der Waals surface area contributed by atoms with Crippen LogP contribution in [0.15, 0.2) is 0 Å².